The summed E-state index contributed by atoms with van der Waals surface area (Å²) >= 11 is 1.99. The van der Waals surface area contributed by atoms with Crippen LogP contribution in [0.3, 0.4) is 0 Å². The Balaban J connectivity index is 1.97. The van der Waals surface area contributed by atoms with E-state index in [0.29, 0.717) is 6.61 Å². The molecule has 0 atom stereocenters. The van der Waals surface area contributed by atoms with Gasteiger partial charge in [0.25, 0.3) is 0 Å². The molecule has 1 aliphatic heterocycles. The second kappa shape index (κ2) is 7.28. The van der Waals surface area contributed by atoms with E-state index in [2.05, 4.69) is 4.58 Å². The van der Waals surface area contributed by atoms with Gasteiger partial charge in [-0.25, -0.2) is 4.58 Å². The lowest BCUT2D eigenvalue weighted by Gasteiger charge is -2.11. The van der Waals surface area contributed by atoms with Crippen molar-refractivity contribution in [2.24, 2.45) is 0 Å². The number of benzene rings is 1. The highest BCUT2D eigenvalue weighted by atomic mass is 32.2. The molecule has 0 unspecified atom stereocenters. The number of rotatable bonds is 5. The number of ether oxygens (including phenoxy) is 3. The van der Waals surface area contributed by atoms with E-state index in [1.54, 1.807) is 14.2 Å². The number of hydrogen-bond acceptors (Lipinski definition) is 4. The maximum atomic E-state index is 5.66. The molecule has 1 aromatic carbocycles. The lowest BCUT2D eigenvalue weighted by Crippen LogP contribution is -2.25. The van der Waals surface area contributed by atoms with Crippen LogP contribution in [0.5, 0.6) is 11.5 Å². The van der Waals surface area contributed by atoms with Gasteiger partial charge in [0.15, 0.2) is 13.1 Å². The van der Waals surface area contributed by atoms with Crippen molar-refractivity contribution in [3.63, 3.8) is 0 Å². The van der Waals surface area contributed by atoms with E-state index in [1.807, 2.05) is 36.4 Å². The average Bonchev–Trinajstić information content (AvgIpc) is 2.48. The predicted molar refractivity (Wildman–Crippen MR) is 77.7 cm³/mol. The van der Waals surface area contributed by atoms with Crippen LogP contribution in [0, 0.1) is 0 Å². The molecule has 1 saturated heterocycles. The molecule has 0 bridgehead atoms. The van der Waals surface area contributed by atoms with Crippen molar-refractivity contribution in [3.8, 4) is 11.5 Å². The molecule has 1 aliphatic rings. The summed E-state index contributed by atoms with van der Waals surface area (Å²) in [4.78, 5) is 0. The van der Waals surface area contributed by atoms with E-state index in [9.17, 15) is 0 Å². The zero-order valence-electron chi connectivity index (χ0n) is 11.4. The van der Waals surface area contributed by atoms with E-state index < -0.39 is 0 Å². The van der Waals surface area contributed by atoms with Gasteiger partial charge in [-0.3, -0.25) is 0 Å². The summed E-state index contributed by atoms with van der Waals surface area (Å²) in [5.41, 5.74) is 0.990. The molecule has 104 valence electrons. The quantitative estimate of drug-likeness (QED) is 0.610. The van der Waals surface area contributed by atoms with E-state index in [0.717, 1.165) is 30.2 Å². The number of nitrogens with zero attached hydrogens (tertiary/aromatic N) is 1. The van der Waals surface area contributed by atoms with Crippen molar-refractivity contribution >= 4 is 18.2 Å². The monoisotopic (exact) mass is 282 g/mol. The van der Waals surface area contributed by atoms with E-state index in [1.165, 1.54) is 11.5 Å². The van der Waals surface area contributed by atoms with Gasteiger partial charge in [-0.05, 0) is 18.2 Å². The van der Waals surface area contributed by atoms with Crippen LogP contribution in [0.25, 0.3) is 0 Å². The third-order valence-electron chi connectivity index (χ3n) is 3.00. The molecule has 0 aliphatic carbocycles. The molecule has 19 heavy (non-hydrogen) atoms. The molecule has 1 fully saturated rings. The van der Waals surface area contributed by atoms with Crippen LogP contribution in [0.2, 0.25) is 0 Å². The highest BCUT2D eigenvalue weighted by Gasteiger charge is 2.11. The fraction of sp³-hybridized carbons (Fsp3) is 0.500. The summed E-state index contributed by atoms with van der Waals surface area (Å²) in [7, 11) is 3.32. The average molecular weight is 282 g/mol. The van der Waals surface area contributed by atoms with Gasteiger partial charge >= 0.3 is 6.40 Å². The Kier molecular flexibility index (Phi) is 5.39. The summed E-state index contributed by atoms with van der Waals surface area (Å²) in [5.74, 6) is 3.97. The SMILES string of the molecule is COc1ccc(OC)c(COC=[N+]2CCSCC2)c1. The maximum Gasteiger partial charge on any atom is 0.324 e. The molecule has 2 rings (SSSR count). The molecule has 1 aromatic rings. The Morgan fingerprint density at radius 3 is 2.68 bits per heavy atom. The molecule has 0 aromatic heterocycles. The summed E-state index contributed by atoms with van der Waals surface area (Å²) in [5, 5.41) is 0. The molecule has 5 heteroatoms. The summed E-state index contributed by atoms with van der Waals surface area (Å²) in [6.07, 6.45) is 1.83. The Bertz CT molecular complexity index is 440. The molecule has 0 spiro atoms. The second-order valence-electron chi connectivity index (χ2n) is 4.24. The molecule has 0 amide bonds. The molecular formula is C14H20NO3S+. The zero-order valence-corrected chi connectivity index (χ0v) is 12.2. The standard InChI is InChI=1S/C14H20NO3S/c1-16-13-3-4-14(17-2)12(9-13)10-18-11-15-5-7-19-8-6-15/h3-4,9,11H,5-8,10H2,1-2H3/q+1. The maximum absolute atomic E-state index is 5.66. The molecule has 0 saturated carbocycles. The smallest absolute Gasteiger partial charge is 0.324 e. The highest BCUT2D eigenvalue weighted by molar-refractivity contribution is 7.99. The fourth-order valence-electron chi connectivity index (χ4n) is 1.91. The summed E-state index contributed by atoms with van der Waals surface area (Å²) in [6, 6.07) is 5.72. The topological polar surface area (TPSA) is 30.7 Å². The van der Waals surface area contributed by atoms with Crippen molar-refractivity contribution in [3.05, 3.63) is 23.8 Å². The van der Waals surface area contributed by atoms with Crippen LogP contribution in [-0.4, -0.2) is 49.8 Å². The zero-order chi connectivity index (χ0) is 13.5. The minimum atomic E-state index is 0.490. The van der Waals surface area contributed by atoms with Crippen LogP contribution < -0.4 is 9.47 Å². The first-order chi connectivity index (χ1) is 9.33. The van der Waals surface area contributed by atoms with Gasteiger partial charge in [0.1, 0.15) is 18.1 Å². The van der Waals surface area contributed by atoms with Crippen molar-refractivity contribution in [2.75, 3.05) is 38.8 Å². The van der Waals surface area contributed by atoms with Gasteiger partial charge in [-0.1, -0.05) is 0 Å². The van der Waals surface area contributed by atoms with Gasteiger partial charge in [0, 0.05) is 5.56 Å². The third-order valence-corrected chi connectivity index (χ3v) is 3.94. The van der Waals surface area contributed by atoms with Crippen LogP contribution in [0.15, 0.2) is 18.2 Å². The Morgan fingerprint density at radius 1 is 1.21 bits per heavy atom. The molecule has 4 nitrogen and oxygen atoms in total. The van der Waals surface area contributed by atoms with Crippen LogP contribution >= 0.6 is 11.8 Å². The van der Waals surface area contributed by atoms with Crippen LogP contribution in [0.1, 0.15) is 5.56 Å². The fourth-order valence-corrected chi connectivity index (χ4v) is 2.84. The largest absolute Gasteiger partial charge is 0.497 e. The van der Waals surface area contributed by atoms with E-state index in [-0.39, 0.29) is 0 Å². The summed E-state index contributed by atoms with van der Waals surface area (Å²) < 4.78 is 18.4. The number of methoxy groups -OCH3 is 2. The first-order valence-electron chi connectivity index (χ1n) is 6.31. The first kappa shape index (κ1) is 14.1. The van der Waals surface area contributed by atoms with Crippen molar-refractivity contribution in [1.29, 1.82) is 0 Å². The van der Waals surface area contributed by atoms with E-state index >= 15 is 0 Å². The Hall–Kier alpha value is -1.36. The first-order valence-corrected chi connectivity index (χ1v) is 7.46. The van der Waals surface area contributed by atoms with Gasteiger partial charge in [-0.2, -0.15) is 0 Å². The van der Waals surface area contributed by atoms with Gasteiger partial charge in [-0.15, -0.1) is 11.8 Å². The van der Waals surface area contributed by atoms with Crippen molar-refractivity contribution in [2.45, 2.75) is 6.61 Å². The normalized spacial score (nSPS) is 14.9. The minimum Gasteiger partial charge on any atom is -0.497 e. The second-order valence-corrected chi connectivity index (χ2v) is 5.47. The van der Waals surface area contributed by atoms with Crippen molar-refractivity contribution in [1.82, 2.24) is 0 Å². The lowest BCUT2D eigenvalue weighted by atomic mass is 10.2. The van der Waals surface area contributed by atoms with E-state index in [4.69, 9.17) is 14.2 Å². The number of thioether (sulfide) groups is 1. The molecular weight excluding hydrogens is 262 g/mol. The Morgan fingerprint density at radius 2 is 2.00 bits per heavy atom. The summed E-state index contributed by atoms with van der Waals surface area (Å²) in [6.45, 7) is 2.60. The molecule has 0 radical (unpaired) electrons. The highest BCUT2D eigenvalue weighted by Crippen LogP contribution is 2.24. The van der Waals surface area contributed by atoms with Crippen molar-refractivity contribution < 1.29 is 18.8 Å². The van der Waals surface area contributed by atoms with Crippen LogP contribution in [0.4, 0.5) is 0 Å². The Labute approximate surface area is 118 Å². The minimum absolute atomic E-state index is 0.490. The van der Waals surface area contributed by atoms with Crippen LogP contribution in [-0.2, 0) is 11.3 Å². The van der Waals surface area contributed by atoms with Gasteiger partial charge in [0.05, 0.1) is 25.7 Å². The molecule has 1 heterocycles. The predicted octanol–water partition coefficient (Wildman–Crippen LogP) is 2.01. The number of hydrogen-bond donors (Lipinski definition) is 0. The molecule has 0 N–H and O–H groups in total. The lowest BCUT2D eigenvalue weighted by molar-refractivity contribution is -0.523. The van der Waals surface area contributed by atoms with Gasteiger partial charge in [0.2, 0.25) is 0 Å². The third kappa shape index (κ3) is 4.06. The van der Waals surface area contributed by atoms with Gasteiger partial charge < -0.3 is 14.2 Å².